The fourth-order valence-electron chi connectivity index (χ4n) is 4.62. The van der Waals surface area contributed by atoms with Crippen molar-refractivity contribution in [3.8, 4) is 5.75 Å². The summed E-state index contributed by atoms with van der Waals surface area (Å²) >= 11 is 0. The Morgan fingerprint density at radius 3 is 2.45 bits per heavy atom. The lowest BCUT2D eigenvalue weighted by Crippen LogP contribution is -2.30. The van der Waals surface area contributed by atoms with Crippen molar-refractivity contribution < 1.29 is 23.1 Å². The third-order valence-corrected chi connectivity index (χ3v) is 6.81. The predicted molar refractivity (Wildman–Crippen MR) is 159 cm³/mol. The van der Waals surface area contributed by atoms with Crippen LogP contribution in [0.4, 0.5) is 4.39 Å². The van der Waals surface area contributed by atoms with Gasteiger partial charge in [-0.25, -0.2) is 4.39 Å². The minimum absolute atomic E-state index is 0.255. The maximum atomic E-state index is 13.9. The summed E-state index contributed by atoms with van der Waals surface area (Å²) in [6.07, 6.45) is 5.52. The molecule has 5 rings (SSSR count). The third-order valence-electron chi connectivity index (χ3n) is 6.81. The molecule has 1 unspecified atom stereocenters. The first-order chi connectivity index (χ1) is 20.4. The number of carbonyl (C=O) groups excluding carboxylic acids is 2. The monoisotopic (exact) mass is 565 g/mol. The minimum Gasteiger partial charge on any atom is -0.493 e. The van der Waals surface area contributed by atoms with Gasteiger partial charge in [0.1, 0.15) is 23.4 Å². The highest BCUT2D eigenvalue weighted by atomic mass is 19.1. The van der Waals surface area contributed by atoms with Crippen molar-refractivity contribution in [2.24, 2.45) is 5.92 Å². The van der Waals surface area contributed by atoms with Gasteiger partial charge < -0.3 is 19.8 Å². The Kier molecular flexibility index (Phi) is 8.92. The Morgan fingerprint density at radius 1 is 0.929 bits per heavy atom. The number of fused-ring (bicyclic) bond motifs is 1. The van der Waals surface area contributed by atoms with Crippen molar-refractivity contribution >= 4 is 22.8 Å². The third kappa shape index (κ3) is 7.01. The molecule has 0 aliphatic rings. The van der Waals surface area contributed by atoms with E-state index in [-0.39, 0.29) is 17.7 Å². The van der Waals surface area contributed by atoms with Crippen LogP contribution in [0.5, 0.6) is 5.75 Å². The smallest absolute Gasteiger partial charge is 0.255 e. The van der Waals surface area contributed by atoms with Gasteiger partial charge in [-0.05, 0) is 71.1 Å². The summed E-state index contributed by atoms with van der Waals surface area (Å²) in [5.74, 6) is -0.277. The van der Waals surface area contributed by atoms with Gasteiger partial charge in [-0.1, -0.05) is 44.2 Å². The molecule has 8 heteroatoms. The molecule has 2 amide bonds. The van der Waals surface area contributed by atoms with Gasteiger partial charge in [0.05, 0.1) is 18.2 Å². The van der Waals surface area contributed by atoms with Crippen molar-refractivity contribution in [1.29, 1.82) is 0 Å². The Hall–Kier alpha value is -4.98. The van der Waals surface area contributed by atoms with Crippen LogP contribution in [0.1, 0.15) is 57.3 Å². The van der Waals surface area contributed by atoms with Gasteiger partial charge in [0, 0.05) is 36.3 Å². The second kappa shape index (κ2) is 13.1. The topological polar surface area (TPSA) is 93.5 Å². The van der Waals surface area contributed by atoms with Crippen LogP contribution in [-0.2, 0) is 6.42 Å². The average molecular weight is 566 g/mol. The summed E-state index contributed by atoms with van der Waals surface area (Å²) in [5.41, 5.74) is 3.67. The normalized spacial score (nSPS) is 11.8. The number of rotatable bonds is 11. The lowest BCUT2D eigenvalue weighted by Gasteiger charge is -2.22. The molecule has 5 aromatic rings. The Morgan fingerprint density at radius 2 is 1.69 bits per heavy atom. The maximum absolute atomic E-state index is 13.9. The number of ether oxygens (including phenoxy) is 1. The zero-order valence-electron chi connectivity index (χ0n) is 23.5. The highest BCUT2D eigenvalue weighted by molar-refractivity contribution is 6.06. The first kappa shape index (κ1) is 28.5. The molecule has 3 aromatic carbocycles. The summed E-state index contributed by atoms with van der Waals surface area (Å²) in [5, 5.41) is 6.70. The van der Waals surface area contributed by atoms with E-state index in [2.05, 4.69) is 15.6 Å². The molecule has 0 fully saturated rings. The van der Waals surface area contributed by atoms with Crippen molar-refractivity contribution in [2.45, 2.75) is 26.3 Å². The number of nitrogens with one attached hydrogen (secondary N) is 2. The summed E-state index contributed by atoms with van der Waals surface area (Å²) in [6.45, 7) is 4.91. The molecule has 0 aliphatic carbocycles. The van der Waals surface area contributed by atoms with E-state index in [4.69, 9.17) is 9.15 Å². The van der Waals surface area contributed by atoms with Gasteiger partial charge >= 0.3 is 0 Å². The van der Waals surface area contributed by atoms with E-state index in [1.54, 1.807) is 48.8 Å². The number of nitrogens with zero attached hydrogens (tertiary/aromatic N) is 1. The number of hydrogen-bond donors (Lipinski definition) is 2. The van der Waals surface area contributed by atoms with Crippen molar-refractivity contribution in [1.82, 2.24) is 15.6 Å². The number of furan rings is 1. The van der Waals surface area contributed by atoms with Crippen molar-refractivity contribution in [2.75, 3.05) is 13.2 Å². The molecule has 1 atom stereocenters. The first-order valence-electron chi connectivity index (χ1n) is 13.8. The minimum atomic E-state index is -0.716. The summed E-state index contributed by atoms with van der Waals surface area (Å²) in [6, 6.07) is 21.5. The quantitative estimate of drug-likeness (QED) is 0.191. The van der Waals surface area contributed by atoms with Crippen LogP contribution in [0.15, 0.2) is 102 Å². The van der Waals surface area contributed by atoms with Gasteiger partial charge in [0.2, 0.25) is 0 Å². The van der Waals surface area contributed by atoms with Crippen LogP contribution < -0.4 is 15.4 Å². The van der Waals surface area contributed by atoms with Crippen molar-refractivity contribution in [3.05, 3.63) is 131 Å². The number of pyridine rings is 1. The van der Waals surface area contributed by atoms with E-state index in [9.17, 15) is 14.0 Å². The van der Waals surface area contributed by atoms with Crippen LogP contribution >= 0.6 is 0 Å². The molecule has 42 heavy (non-hydrogen) atoms. The molecule has 0 saturated heterocycles. The van der Waals surface area contributed by atoms with E-state index < -0.39 is 11.9 Å². The maximum Gasteiger partial charge on any atom is 0.255 e. The zero-order valence-corrected chi connectivity index (χ0v) is 23.5. The predicted octanol–water partition coefficient (Wildman–Crippen LogP) is 6.49. The van der Waals surface area contributed by atoms with E-state index in [1.165, 1.54) is 18.4 Å². The number of benzene rings is 3. The largest absolute Gasteiger partial charge is 0.493 e. The van der Waals surface area contributed by atoms with Crippen LogP contribution in [-0.4, -0.2) is 29.9 Å². The number of para-hydroxylation sites is 1. The second-order valence-electron chi connectivity index (χ2n) is 10.5. The fraction of sp³-hybridized carbons (Fsp3) is 0.206. The zero-order chi connectivity index (χ0) is 29.5. The van der Waals surface area contributed by atoms with Crippen LogP contribution in [0.25, 0.3) is 11.0 Å². The fourth-order valence-corrected chi connectivity index (χ4v) is 4.62. The molecule has 2 aromatic heterocycles. The highest BCUT2D eigenvalue weighted by Crippen LogP contribution is 2.29. The number of amides is 2. The molecule has 0 aliphatic heterocycles. The van der Waals surface area contributed by atoms with Crippen molar-refractivity contribution in [3.63, 3.8) is 0 Å². The molecule has 0 spiro atoms. The van der Waals surface area contributed by atoms with Crippen LogP contribution in [0, 0.1) is 11.7 Å². The second-order valence-corrected chi connectivity index (χ2v) is 10.5. The highest BCUT2D eigenvalue weighted by Gasteiger charge is 2.23. The number of carbonyl (C=O) groups is 2. The molecular weight excluding hydrogens is 533 g/mol. The van der Waals surface area contributed by atoms with Gasteiger partial charge in [0.15, 0.2) is 0 Å². The van der Waals surface area contributed by atoms with Gasteiger partial charge in [-0.2, -0.15) is 0 Å². The molecular formula is C34H32FN3O4. The van der Waals surface area contributed by atoms with E-state index >= 15 is 0 Å². The number of aromatic nitrogens is 1. The van der Waals surface area contributed by atoms with E-state index in [0.717, 1.165) is 5.56 Å². The molecule has 0 bridgehead atoms. The average Bonchev–Trinajstić information content (AvgIpc) is 3.44. The Balaban J connectivity index is 1.50. The van der Waals surface area contributed by atoms with Crippen LogP contribution in [0.3, 0.4) is 0 Å². The number of hydrogen-bond acceptors (Lipinski definition) is 5. The molecule has 2 N–H and O–H groups in total. The van der Waals surface area contributed by atoms with Crippen LogP contribution in [0.2, 0.25) is 0 Å². The standard InChI is InChI=1S/C34H32FN3O4/c1-22(2)20-37-33(39)26-17-25(18-28(19-26)41-16-13-23-11-14-36-15-12-23)32(24-7-9-27(35)10-8-24)38-34(40)30-21-42-31-6-4-3-5-29(30)31/h3-12,14-15,17-19,21-22,32H,13,16,20H2,1-2H3,(H,37,39)(H,38,40). The van der Waals surface area contributed by atoms with Gasteiger partial charge in [0.25, 0.3) is 11.8 Å². The Bertz CT molecular complexity index is 1670. The number of halogens is 1. The molecule has 0 saturated carbocycles. The SMILES string of the molecule is CC(C)CNC(=O)c1cc(OCCc2ccncc2)cc(C(NC(=O)c2coc3ccccc23)c2ccc(F)cc2)c1. The van der Waals surface area contributed by atoms with E-state index in [1.807, 2.05) is 44.2 Å². The lowest BCUT2D eigenvalue weighted by atomic mass is 9.95. The molecule has 214 valence electrons. The summed E-state index contributed by atoms with van der Waals surface area (Å²) < 4.78 is 25.6. The molecule has 7 nitrogen and oxygen atoms in total. The Labute approximate surface area is 243 Å². The van der Waals surface area contributed by atoms with Gasteiger partial charge in [-0.3, -0.25) is 14.6 Å². The van der Waals surface area contributed by atoms with E-state index in [0.29, 0.717) is 58.5 Å². The summed E-state index contributed by atoms with van der Waals surface area (Å²) in [7, 11) is 0. The van der Waals surface area contributed by atoms with Gasteiger partial charge in [-0.15, -0.1) is 0 Å². The molecule has 2 heterocycles. The lowest BCUT2D eigenvalue weighted by molar-refractivity contribution is 0.0940. The first-order valence-corrected chi connectivity index (χ1v) is 13.8. The summed E-state index contributed by atoms with van der Waals surface area (Å²) in [4.78, 5) is 30.8. The molecule has 0 radical (unpaired) electrons.